The fourth-order valence-corrected chi connectivity index (χ4v) is 2.61. The summed E-state index contributed by atoms with van der Waals surface area (Å²) >= 11 is 3.45. The Morgan fingerprint density at radius 3 is 2.29 bits per heavy atom. The predicted octanol–water partition coefficient (Wildman–Crippen LogP) is 5.09. The van der Waals surface area contributed by atoms with Crippen molar-refractivity contribution in [2.24, 2.45) is 0 Å². The molecule has 2 aromatic rings. The Balaban J connectivity index is 2.44. The average molecular weight is 358 g/mol. The molecule has 5 heteroatoms. The molecule has 0 spiro atoms. The molecule has 1 unspecified atom stereocenters. The maximum atomic E-state index is 12.8. The summed E-state index contributed by atoms with van der Waals surface area (Å²) < 4.78 is 39.4. The van der Waals surface area contributed by atoms with Gasteiger partial charge in [0.05, 0.1) is 11.6 Å². The molecule has 0 amide bonds. The lowest BCUT2D eigenvalue weighted by Crippen LogP contribution is -2.18. The van der Waals surface area contributed by atoms with Crippen molar-refractivity contribution in [3.05, 3.63) is 69.2 Å². The number of alkyl halides is 3. The molecule has 2 rings (SSSR count). The Kier molecular flexibility index (Phi) is 4.74. The first-order valence-electron chi connectivity index (χ1n) is 6.43. The summed E-state index contributed by atoms with van der Waals surface area (Å²) in [6, 6.07) is 10.9. The van der Waals surface area contributed by atoms with Crippen LogP contribution in [0.5, 0.6) is 0 Å². The third-order valence-corrected chi connectivity index (χ3v) is 4.22. The smallest absolute Gasteiger partial charge is 0.309 e. The van der Waals surface area contributed by atoms with Gasteiger partial charge in [0.25, 0.3) is 0 Å². The summed E-state index contributed by atoms with van der Waals surface area (Å²) in [5.41, 5.74) is 1.95. The quantitative estimate of drug-likeness (QED) is 0.806. The summed E-state index contributed by atoms with van der Waals surface area (Å²) in [5.74, 6) is 0. The van der Waals surface area contributed by atoms with Gasteiger partial charge in [-0.3, -0.25) is 0 Å². The molecule has 21 heavy (non-hydrogen) atoms. The van der Waals surface area contributed by atoms with Gasteiger partial charge in [-0.1, -0.05) is 40.2 Å². The number of halogens is 4. The molecule has 0 radical (unpaired) electrons. The van der Waals surface area contributed by atoms with Crippen molar-refractivity contribution >= 4 is 15.9 Å². The van der Waals surface area contributed by atoms with Gasteiger partial charge in [-0.05, 0) is 48.9 Å². The summed E-state index contributed by atoms with van der Waals surface area (Å²) in [6.45, 7) is 1.96. The van der Waals surface area contributed by atoms with Crippen LogP contribution in [-0.2, 0) is 6.18 Å². The summed E-state index contributed by atoms with van der Waals surface area (Å²) in [5, 5.41) is 3.07. The minimum absolute atomic E-state index is 0.288. The number of nitrogens with one attached hydrogen (secondary N) is 1. The molecule has 0 saturated heterocycles. The molecule has 0 bridgehead atoms. The molecule has 0 saturated carbocycles. The van der Waals surface area contributed by atoms with Gasteiger partial charge in [-0.25, -0.2) is 0 Å². The zero-order chi connectivity index (χ0) is 15.6. The molecule has 0 aromatic heterocycles. The van der Waals surface area contributed by atoms with E-state index in [9.17, 15) is 13.2 Å². The maximum absolute atomic E-state index is 12.8. The molecular weight excluding hydrogens is 343 g/mol. The minimum atomic E-state index is -4.33. The second kappa shape index (κ2) is 6.20. The molecule has 1 atom stereocenters. The van der Waals surface area contributed by atoms with E-state index in [1.807, 2.05) is 25.1 Å². The van der Waals surface area contributed by atoms with Gasteiger partial charge in [-0.2, -0.15) is 13.2 Å². The molecule has 0 aliphatic heterocycles. The lowest BCUT2D eigenvalue weighted by molar-refractivity contribution is -0.137. The van der Waals surface area contributed by atoms with Crippen LogP contribution in [0, 0.1) is 6.92 Å². The molecule has 1 nitrogen and oxygen atoms in total. The normalized spacial score (nSPS) is 13.2. The van der Waals surface area contributed by atoms with Crippen LogP contribution >= 0.6 is 15.9 Å². The van der Waals surface area contributed by atoms with Crippen molar-refractivity contribution in [1.29, 1.82) is 0 Å². The number of aryl methyl sites for hydroxylation is 1. The number of rotatable bonds is 3. The highest BCUT2D eigenvalue weighted by Gasteiger charge is 2.31. The van der Waals surface area contributed by atoms with E-state index >= 15 is 0 Å². The second-order valence-electron chi connectivity index (χ2n) is 4.85. The highest BCUT2D eigenvalue weighted by Crippen LogP contribution is 2.32. The van der Waals surface area contributed by atoms with E-state index in [-0.39, 0.29) is 6.04 Å². The van der Waals surface area contributed by atoms with Crippen LogP contribution in [-0.4, -0.2) is 7.05 Å². The molecule has 112 valence electrons. The fourth-order valence-electron chi connectivity index (χ4n) is 2.21. The minimum Gasteiger partial charge on any atom is -0.309 e. The van der Waals surface area contributed by atoms with Crippen LogP contribution in [0.1, 0.15) is 28.3 Å². The Bertz CT molecular complexity index is 638. The fraction of sp³-hybridized carbons (Fsp3) is 0.250. The zero-order valence-corrected chi connectivity index (χ0v) is 13.2. The Morgan fingerprint density at radius 1 is 1.05 bits per heavy atom. The van der Waals surface area contributed by atoms with Crippen molar-refractivity contribution in [2.75, 3.05) is 7.05 Å². The van der Waals surface area contributed by atoms with Crippen molar-refractivity contribution in [3.8, 4) is 0 Å². The lowest BCUT2D eigenvalue weighted by atomic mass is 9.96. The first kappa shape index (κ1) is 16.0. The molecule has 0 fully saturated rings. The van der Waals surface area contributed by atoms with E-state index in [2.05, 4.69) is 21.2 Å². The lowest BCUT2D eigenvalue weighted by Gasteiger charge is -2.19. The predicted molar refractivity (Wildman–Crippen MR) is 81.2 cm³/mol. The number of benzene rings is 2. The van der Waals surface area contributed by atoms with Gasteiger partial charge < -0.3 is 5.32 Å². The molecule has 1 N–H and O–H groups in total. The molecule has 0 aliphatic rings. The monoisotopic (exact) mass is 357 g/mol. The highest BCUT2D eigenvalue weighted by molar-refractivity contribution is 9.10. The third-order valence-electron chi connectivity index (χ3n) is 3.37. The van der Waals surface area contributed by atoms with E-state index in [4.69, 9.17) is 0 Å². The Morgan fingerprint density at radius 2 is 1.71 bits per heavy atom. The zero-order valence-electron chi connectivity index (χ0n) is 11.6. The standard InChI is InChI=1S/C16H15BrF3N/c1-10-6-7-12(9-14(10)17)15(21-2)11-4-3-5-13(8-11)16(18,19)20/h3-9,15,21H,1-2H3. The second-order valence-corrected chi connectivity index (χ2v) is 5.71. The Labute approximate surface area is 130 Å². The SMILES string of the molecule is CNC(c1cccc(C(F)(F)F)c1)c1ccc(C)c(Br)c1. The average Bonchev–Trinajstić information content (AvgIpc) is 2.43. The first-order chi connectivity index (χ1) is 9.82. The molecule has 2 aromatic carbocycles. The van der Waals surface area contributed by atoms with E-state index < -0.39 is 11.7 Å². The summed E-state index contributed by atoms with van der Waals surface area (Å²) in [6.07, 6.45) is -4.33. The van der Waals surface area contributed by atoms with Gasteiger partial charge in [0.15, 0.2) is 0 Å². The third kappa shape index (κ3) is 3.66. The topological polar surface area (TPSA) is 12.0 Å². The van der Waals surface area contributed by atoms with Crippen molar-refractivity contribution in [2.45, 2.75) is 19.1 Å². The number of hydrogen-bond acceptors (Lipinski definition) is 1. The van der Waals surface area contributed by atoms with Gasteiger partial charge in [0, 0.05) is 4.47 Å². The summed E-state index contributed by atoms with van der Waals surface area (Å²) in [7, 11) is 1.73. The van der Waals surface area contributed by atoms with E-state index in [0.717, 1.165) is 21.7 Å². The largest absolute Gasteiger partial charge is 0.416 e. The molecular formula is C16H15BrF3N. The van der Waals surface area contributed by atoms with Gasteiger partial charge >= 0.3 is 6.18 Å². The van der Waals surface area contributed by atoms with Gasteiger partial charge in [0.2, 0.25) is 0 Å². The van der Waals surface area contributed by atoms with Crippen LogP contribution in [0.2, 0.25) is 0 Å². The van der Waals surface area contributed by atoms with E-state index in [0.29, 0.717) is 5.56 Å². The highest BCUT2D eigenvalue weighted by atomic mass is 79.9. The van der Waals surface area contributed by atoms with Crippen LogP contribution in [0.15, 0.2) is 46.9 Å². The van der Waals surface area contributed by atoms with Crippen molar-refractivity contribution in [1.82, 2.24) is 5.32 Å². The van der Waals surface area contributed by atoms with E-state index in [1.165, 1.54) is 12.1 Å². The maximum Gasteiger partial charge on any atom is 0.416 e. The van der Waals surface area contributed by atoms with Crippen LogP contribution in [0.3, 0.4) is 0 Å². The summed E-state index contributed by atoms with van der Waals surface area (Å²) in [4.78, 5) is 0. The first-order valence-corrected chi connectivity index (χ1v) is 7.22. The van der Waals surface area contributed by atoms with Crippen LogP contribution in [0.4, 0.5) is 13.2 Å². The van der Waals surface area contributed by atoms with Gasteiger partial charge in [0.1, 0.15) is 0 Å². The van der Waals surface area contributed by atoms with Crippen molar-refractivity contribution in [3.63, 3.8) is 0 Å². The van der Waals surface area contributed by atoms with Gasteiger partial charge in [-0.15, -0.1) is 0 Å². The molecule has 0 heterocycles. The van der Waals surface area contributed by atoms with Crippen molar-refractivity contribution < 1.29 is 13.2 Å². The van der Waals surface area contributed by atoms with Crippen LogP contribution in [0.25, 0.3) is 0 Å². The number of hydrogen-bond donors (Lipinski definition) is 1. The molecule has 0 aliphatic carbocycles. The van der Waals surface area contributed by atoms with Crippen LogP contribution < -0.4 is 5.32 Å². The Hall–Kier alpha value is -1.33. The van der Waals surface area contributed by atoms with E-state index in [1.54, 1.807) is 13.1 Å².